The SMILES string of the molecule is C\C=C/C=C(\C(N)=C/C)C(C)/C=C1\C=C(N)C(C)=CN1C. The molecule has 4 N–H and O–H groups in total. The number of nitrogens with zero attached hydrogens (tertiary/aromatic N) is 1. The molecule has 0 amide bonds. The smallest absolute Gasteiger partial charge is 0.0389 e. The molecule has 0 radical (unpaired) electrons. The molecule has 0 aromatic carbocycles. The molecule has 0 fully saturated rings. The zero-order chi connectivity index (χ0) is 16.0. The maximum absolute atomic E-state index is 6.11. The molecular weight excluding hydrogens is 258 g/mol. The highest BCUT2D eigenvalue weighted by Crippen LogP contribution is 2.24. The summed E-state index contributed by atoms with van der Waals surface area (Å²) >= 11 is 0. The van der Waals surface area contributed by atoms with Crippen LogP contribution in [0.4, 0.5) is 0 Å². The normalized spacial score (nSPS) is 20.8. The summed E-state index contributed by atoms with van der Waals surface area (Å²) in [6.45, 7) is 8.10. The van der Waals surface area contributed by atoms with Gasteiger partial charge in [0.1, 0.15) is 0 Å². The molecule has 0 saturated heterocycles. The lowest BCUT2D eigenvalue weighted by atomic mass is 9.95. The summed E-state index contributed by atoms with van der Waals surface area (Å²) in [6.07, 6.45) is 14.2. The monoisotopic (exact) mass is 285 g/mol. The summed E-state index contributed by atoms with van der Waals surface area (Å²) in [5.74, 6) is 0.200. The Hall–Kier alpha value is -2.16. The zero-order valence-electron chi connectivity index (χ0n) is 13.7. The van der Waals surface area contributed by atoms with Crippen LogP contribution in [-0.2, 0) is 0 Å². The number of likely N-dealkylation sites (N-methyl/N-ethyl adjacent to an activating group) is 1. The maximum atomic E-state index is 6.11. The van der Waals surface area contributed by atoms with Crippen LogP contribution in [0.25, 0.3) is 0 Å². The predicted octanol–water partition coefficient (Wildman–Crippen LogP) is 3.56. The van der Waals surface area contributed by atoms with Gasteiger partial charge in [-0.3, -0.25) is 0 Å². The minimum Gasteiger partial charge on any atom is -0.399 e. The highest BCUT2D eigenvalue weighted by molar-refractivity contribution is 5.41. The molecule has 114 valence electrons. The minimum atomic E-state index is 0.200. The van der Waals surface area contributed by atoms with Gasteiger partial charge in [0.25, 0.3) is 0 Å². The summed E-state index contributed by atoms with van der Waals surface area (Å²) in [5.41, 5.74) is 17.0. The standard InChI is InChI=1S/C18H27N3/c1-6-8-9-16(17(19)7-2)13(3)10-15-11-18(20)14(4)12-21(15)5/h6-13H,19-20H2,1-5H3/b8-6-,15-10+,16-9-,17-7+. The van der Waals surface area contributed by atoms with Crippen molar-refractivity contribution in [1.82, 2.24) is 4.90 Å². The van der Waals surface area contributed by atoms with Crippen molar-refractivity contribution in [3.05, 3.63) is 70.9 Å². The van der Waals surface area contributed by atoms with Crippen LogP contribution in [0.2, 0.25) is 0 Å². The first kappa shape index (κ1) is 16.9. The zero-order valence-corrected chi connectivity index (χ0v) is 13.7. The van der Waals surface area contributed by atoms with Crippen molar-refractivity contribution < 1.29 is 0 Å². The van der Waals surface area contributed by atoms with E-state index in [0.717, 1.165) is 28.2 Å². The fourth-order valence-corrected chi connectivity index (χ4v) is 2.20. The van der Waals surface area contributed by atoms with Crippen LogP contribution >= 0.6 is 0 Å². The van der Waals surface area contributed by atoms with Gasteiger partial charge in [0.05, 0.1) is 0 Å². The van der Waals surface area contributed by atoms with Gasteiger partial charge in [-0.05, 0) is 38.0 Å². The van der Waals surface area contributed by atoms with Gasteiger partial charge in [0.15, 0.2) is 0 Å². The van der Waals surface area contributed by atoms with E-state index in [1.807, 2.05) is 58.3 Å². The van der Waals surface area contributed by atoms with Crippen LogP contribution in [0.5, 0.6) is 0 Å². The third kappa shape index (κ3) is 4.42. The van der Waals surface area contributed by atoms with Crippen LogP contribution in [0.1, 0.15) is 27.7 Å². The molecule has 1 aliphatic heterocycles. The lowest BCUT2D eigenvalue weighted by molar-refractivity contribution is 0.566. The highest BCUT2D eigenvalue weighted by Gasteiger charge is 2.13. The van der Waals surface area contributed by atoms with E-state index < -0.39 is 0 Å². The lowest BCUT2D eigenvalue weighted by Gasteiger charge is -2.24. The fraction of sp³-hybridized carbons (Fsp3) is 0.333. The van der Waals surface area contributed by atoms with Crippen molar-refractivity contribution in [1.29, 1.82) is 0 Å². The second-order valence-electron chi connectivity index (χ2n) is 5.29. The molecule has 1 unspecified atom stereocenters. The molecule has 3 heteroatoms. The largest absolute Gasteiger partial charge is 0.399 e. The molecule has 1 atom stereocenters. The van der Waals surface area contributed by atoms with Gasteiger partial charge in [-0.15, -0.1) is 0 Å². The van der Waals surface area contributed by atoms with Crippen molar-refractivity contribution >= 4 is 0 Å². The van der Waals surface area contributed by atoms with Gasteiger partial charge >= 0.3 is 0 Å². The van der Waals surface area contributed by atoms with Crippen LogP contribution in [0.3, 0.4) is 0 Å². The predicted molar refractivity (Wildman–Crippen MR) is 91.9 cm³/mol. The van der Waals surface area contributed by atoms with Crippen molar-refractivity contribution in [2.75, 3.05) is 7.05 Å². The van der Waals surface area contributed by atoms with Gasteiger partial charge in [0.2, 0.25) is 0 Å². The van der Waals surface area contributed by atoms with E-state index >= 15 is 0 Å². The van der Waals surface area contributed by atoms with Crippen molar-refractivity contribution in [2.45, 2.75) is 27.7 Å². The molecule has 0 aromatic heterocycles. The summed E-state index contributed by atoms with van der Waals surface area (Å²) in [4.78, 5) is 2.08. The second kappa shape index (κ2) is 7.58. The van der Waals surface area contributed by atoms with E-state index in [9.17, 15) is 0 Å². The van der Waals surface area contributed by atoms with Gasteiger partial charge in [-0.25, -0.2) is 0 Å². The molecule has 1 heterocycles. The Bertz CT molecular complexity index is 557. The topological polar surface area (TPSA) is 55.3 Å². The first-order valence-corrected chi connectivity index (χ1v) is 7.26. The average Bonchev–Trinajstić information content (AvgIpc) is 2.44. The minimum absolute atomic E-state index is 0.200. The van der Waals surface area contributed by atoms with Crippen molar-refractivity contribution in [3.63, 3.8) is 0 Å². The number of hydrogen-bond acceptors (Lipinski definition) is 3. The van der Waals surface area contributed by atoms with Gasteiger partial charge in [-0.1, -0.05) is 37.3 Å². The van der Waals surface area contributed by atoms with Crippen molar-refractivity contribution in [2.24, 2.45) is 17.4 Å². The van der Waals surface area contributed by atoms with E-state index in [0.29, 0.717) is 0 Å². The van der Waals surface area contributed by atoms with Gasteiger partial charge in [-0.2, -0.15) is 0 Å². The van der Waals surface area contributed by atoms with Crippen molar-refractivity contribution in [3.8, 4) is 0 Å². The molecule has 0 bridgehead atoms. The first-order chi connectivity index (χ1) is 9.90. The van der Waals surface area contributed by atoms with Crippen LogP contribution in [-0.4, -0.2) is 11.9 Å². The molecule has 0 saturated carbocycles. The van der Waals surface area contributed by atoms with Crippen LogP contribution in [0, 0.1) is 5.92 Å². The van der Waals surface area contributed by atoms with E-state index in [-0.39, 0.29) is 5.92 Å². The summed E-state index contributed by atoms with van der Waals surface area (Å²) in [7, 11) is 2.03. The summed E-state index contributed by atoms with van der Waals surface area (Å²) in [6, 6.07) is 0. The Kier molecular flexibility index (Phi) is 6.10. The first-order valence-electron chi connectivity index (χ1n) is 7.26. The average molecular weight is 285 g/mol. The Morgan fingerprint density at radius 2 is 2.00 bits per heavy atom. The summed E-state index contributed by atoms with van der Waals surface area (Å²) in [5, 5.41) is 0. The van der Waals surface area contributed by atoms with E-state index in [1.54, 1.807) is 0 Å². The maximum Gasteiger partial charge on any atom is 0.0389 e. The molecule has 0 aliphatic carbocycles. The Labute approximate surface area is 128 Å². The third-order valence-electron chi connectivity index (χ3n) is 3.58. The Balaban J connectivity index is 3.12. The Morgan fingerprint density at radius 3 is 2.57 bits per heavy atom. The molecule has 0 aromatic rings. The molecule has 3 nitrogen and oxygen atoms in total. The Morgan fingerprint density at radius 1 is 1.33 bits per heavy atom. The fourth-order valence-electron chi connectivity index (χ4n) is 2.20. The lowest BCUT2D eigenvalue weighted by Crippen LogP contribution is -2.18. The van der Waals surface area contributed by atoms with Crippen LogP contribution in [0.15, 0.2) is 70.9 Å². The number of rotatable bonds is 4. The summed E-state index contributed by atoms with van der Waals surface area (Å²) < 4.78 is 0. The third-order valence-corrected chi connectivity index (χ3v) is 3.58. The van der Waals surface area contributed by atoms with Gasteiger partial charge in [0, 0.05) is 36.3 Å². The molecule has 21 heavy (non-hydrogen) atoms. The molecule has 1 rings (SSSR count). The van der Waals surface area contributed by atoms with E-state index in [4.69, 9.17) is 11.5 Å². The van der Waals surface area contributed by atoms with E-state index in [1.165, 1.54) is 0 Å². The number of hydrogen-bond donors (Lipinski definition) is 2. The second-order valence-corrected chi connectivity index (χ2v) is 5.29. The quantitative estimate of drug-likeness (QED) is 0.776. The van der Waals surface area contributed by atoms with Crippen LogP contribution < -0.4 is 11.5 Å². The molecular formula is C18H27N3. The van der Waals surface area contributed by atoms with E-state index in [2.05, 4.69) is 24.0 Å². The molecule has 1 aliphatic rings. The molecule has 0 spiro atoms. The number of nitrogens with two attached hydrogens (primary N) is 2. The number of allylic oxidation sites excluding steroid dienone is 8. The highest BCUT2D eigenvalue weighted by atomic mass is 15.1. The van der Waals surface area contributed by atoms with Gasteiger partial charge < -0.3 is 16.4 Å².